The first-order chi connectivity index (χ1) is 4.43. The fraction of sp³-hybridized carbons (Fsp3) is 0.167. The maximum atomic E-state index is 5.13. The topological polar surface area (TPSA) is 54.7 Å². The zero-order valence-corrected chi connectivity index (χ0v) is 4.89. The summed E-state index contributed by atoms with van der Waals surface area (Å²) in [4.78, 5) is 6.70. The Morgan fingerprint density at radius 3 is 3.22 bits per heavy atom. The van der Waals surface area contributed by atoms with Gasteiger partial charge in [-0.2, -0.15) is 0 Å². The number of nitrogens with one attached hydrogen (secondary N) is 1. The molecule has 3 nitrogen and oxygen atoms in total. The van der Waals surface area contributed by atoms with E-state index in [1.54, 1.807) is 12.4 Å². The highest BCUT2D eigenvalue weighted by Crippen LogP contribution is 1.81. The lowest BCUT2D eigenvalue weighted by atomic mass is 10.5. The van der Waals surface area contributed by atoms with Gasteiger partial charge in [-0.15, -0.1) is 0 Å². The van der Waals surface area contributed by atoms with Crippen molar-refractivity contribution < 1.29 is 0 Å². The van der Waals surface area contributed by atoms with Gasteiger partial charge in [0.25, 0.3) is 0 Å². The molecule has 0 aliphatic carbocycles. The highest BCUT2D eigenvalue weighted by atomic mass is 14.9. The molecule has 1 rings (SSSR count). The number of nitrogens with zero attached hydrogens (tertiary/aromatic N) is 1. The molecule has 0 saturated carbocycles. The van der Waals surface area contributed by atoms with Crippen LogP contribution < -0.4 is 5.73 Å². The largest absolute Gasteiger partial charge is 0.338 e. The van der Waals surface area contributed by atoms with Crippen LogP contribution in [0.4, 0.5) is 0 Å². The first kappa shape index (κ1) is 5.86. The van der Waals surface area contributed by atoms with Crippen molar-refractivity contribution in [2.24, 2.45) is 5.73 Å². The van der Waals surface area contributed by atoms with E-state index in [9.17, 15) is 0 Å². The van der Waals surface area contributed by atoms with Gasteiger partial charge in [0.1, 0.15) is 0 Å². The molecule has 0 spiro atoms. The SMILES string of the molecule is NCC#Cc1ncc[nH]1. The van der Waals surface area contributed by atoms with Gasteiger partial charge in [-0.25, -0.2) is 4.98 Å². The maximum absolute atomic E-state index is 5.13. The van der Waals surface area contributed by atoms with Crippen molar-refractivity contribution in [2.75, 3.05) is 6.54 Å². The molecule has 1 heterocycles. The first-order valence-corrected chi connectivity index (χ1v) is 2.62. The summed E-state index contributed by atoms with van der Waals surface area (Å²) in [6.07, 6.45) is 3.38. The van der Waals surface area contributed by atoms with E-state index in [1.165, 1.54) is 0 Å². The van der Waals surface area contributed by atoms with E-state index in [-0.39, 0.29) is 0 Å². The molecule has 3 N–H and O–H groups in total. The van der Waals surface area contributed by atoms with Crippen molar-refractivity contribution in [3.63, 3.8) is 0 Å². The fourth-order valence-corrected chi connectivity index (χ4v) is 0.468. The molecule has 0 amide bonds. The van der Waals surface area contributed by atoms with Gasteiger partial charge in [0, 0.05) is 12.4 Å². The Morgan fingerprint density at radius 1 is 1.78 bits per heavy atom. The van der Waals surface area contributed by atoms with Crippen LogP contribution in [0.5, 0.6) is 0 Å². The van der Waals surface area contributed by atoms with E-state index in [0.29, 0.717) is 12.4 Å². The molecule has 0 aliphatic rings. The number of aromatic amines is 1. The molecule has 0 bridgehead atoms. The van der Waals surface area contributed by atoms with Crippen molar-refractivity contribution in [1.82, 2.24) is 9.97 Å². The summed E-state index contributed by atoms with van der Waals surface area (Å²) >= 11 is 0. The van der Waals surface area contributed by atoms with Crippen LogP contribution in [-0.4, -0.2) is 16.5 Å². The fourth-order valence-electron chi connectivity index (χ4n) is 0.468. The molecular weight excluding hydrogens is 114 g/mol. The molecule has 3 heteroatoms. The maximum Gasteiger partial charge on any atom is 0.182 e. The van der Waals surface area contributed by atoms with Gasteiger partial charge in [-0.1, -0.05) is 5.92 Å². The number of H-pyrrole nitrogens is 1. The Kier molecular flexibility index (Phi) is 1.89. The number of aromatic nitrogens is 2. The lowest BCUT2D eigenvalue weighted by molar-refractivity contribution is 1.24. The zero-order chi connectivity index (χ0) is 6.53. The Balaban J connectivity index is 2.67. The quantitative estimate of drug-likeness (QED) is 0.464. The average Bonchev–Trinajstić information content (AvgIpc) is 2.34. The highest BCUT2D eigenvalue weighted by molar-refractivity contribution is 5.19. The van der Waals surface area contributed by atoms with Crippen molar-refractivity contribution in [2.45, 2.75) is 0 Å². The molecule has 0 unspecified atom stereocenters. The summed E-state index contributed by atoms with van der Waals surface area (Å²) in [7, 11) is 0. The van der Waals surface area contributed by atoms with Crippen molar-refractivity contribution in [3.05, 3.63) is 18.2 Å². The number of nitrogens with two attached hydrogens (primary N) is 1. The Hall–Kier alpha value is -1.27. The number of hydrogen-bond donors (Lipinski definition) is 2. The van der Waals surface area contributed by atoms with Crippen molar-refractivity contribution >= 4 is 0 Å². The third-order valence-electron chi connectivity index (χ3n) is 0.807. The molecule has 9 heavy (non-hydrogen) atoms. The standard InChI is InChI=1S/C6H7N3/c7-3-1-2-6-8-4-5-9-6/h4-5H,3,7H2,(H,8,9). The molecule has 0 aliphatic heterocycles. The van der Waals surface area contributed by atoms with Crippen LogP contribution >= 0.6 is 0 Å². The molecule has 0 radical (unpaired) electrons. The Labute approximate surface area is 53.3 Å². The second-order valence-corrected chi connectivity index (χ2v) is 1.44. The minimum atomic E-state index is 0.376. The Bertz CT molecular complexity index is 214. The van der Waals surface area contributed by atoms with Gasteiger partial charge in [0.15, 0.2) is 5.82 Å². The molecule has 0 aromatic carbocycles. The summed E-state index contributed by atoms with van der Waals surface area (Å²) in [6.45, 7) is 0.376. The molecular formula is C6H7N3. The van der Waals surface area contributed by atoms with Gasteiger partial charge in [-0.3, -0.25) is 0 Å². The van der Waals surface area contributed by atoms with Gasteiger partial charge >= 0.3 is 0 Å². The minimum Gasteiger partial charge on any atom is -0.338 e. The van der Waals surface area contributed by atoms with Crippen LogP contribution in [0.3, 0.4) is 0 Å². The summed E-state index contributed by atoms with van der Waals surface area (Å²) in [6, 6.07) is 0. The van der Waals surface area contributed by atoms with E-state index in [4.69, 9.17) is 5.73 Å². The van der Waals surface area contributed by atoms with Crippen LogP contribution in [0.2, 0.25) is 0 Å². The number of hydrogen-bond acceptors (Lipinski definition) is 2. The van der Waals surface area contributed by atoms with Crippen LogP contribution in [0.25, 0.3) is 0 Å². The van der Waals surface area contributed by atoms with Gasteiger partial charge in [0.2, 0.25) is 0 Å². The zero-order valence-electron chi connectivity index (χ0n) is 4.89. The lowest BCUT2D eigenvalue weighted by Gasteiger charge is -1.73. The molecule has 1 aromatic rings. The predicted molar refractivity (Wildman–Crippen MR) is 34.5 cm³/mol. The molecule has 1 aromatic heterocycles. The third kappa shape index (κ3) is 1.59. The third-order valence-corrected chi connectivity index (χ3v) is 0.807. The molecule has 46 valence electrons. The lowest BCUT2D eigenvalue weighted by Crippen LogP contribution is -1.93. The summed E-state index contributed by atoms with van der Waals surface area (Å²) < 4.78 is 0. The second kappa shape index (κ2) is 2.90. The van der Waals surface area contributed by atoms with E-state index >= 15 is 0 Å². The van der Waals surface area contributed by atoms with Gasteiger partial charge in [0.05, 0.1) is 6.54 Å². The van der Waals surface area contributed by atoms with Crippen molar-refractivity contribution in [3.8, 4) is 11.8 Å². The van der Waals surface area contributed by atoms with Crippen LogP contribution in [0.15, 0.2) is 12.4 Å². The Morgan fingerprint density at radius 2 is 2.67 bits per heavy atom. The van der Waals surface area contributed by atoms with Gasteiger partial charge < -0.3 is 10.7 Å². The van der Waals surface area contributed by atoms with E-state index in [2.05, 4.69) is 21.8 Å². The summed E-state index contributed by atoms with van der Waals surface area (Å²) in [5.41, 5.74) is 5.13. The summed E-state index contributed by atoms with van der Waals surface area (Å²) in [5, 5.41) is 0. The van der Waals surface area contributed by atoms with E-state index in [0.717, 1.165) is 0 Å². The smallest absolute Gasteiger partial charge is 0.182 e. The van der Waals surface area contributed by atoms with Gasteiger partial charge in [-0.05, 0) is 5.92 Å². The predicted octanol–water partition coefficient (Wildman–Crippen LogP) is -0.280. The van der Waals surface area contributed by atoms with Crippen LogP contribution in [-0.2, 0) is 0 Å². The number of rotatable bonds is 0. The molecule has 0 atom stereocenters. The first-order valence-electron chi connectivity index (χ1n) is 2.62. The monoisotopic (exact) mass is 121 g/mol. The summed E-state index contributed by atoms with van der Waals surface area (Å²) in [5.74, 6) is 6.08. The second-order valence-electron chi connectivity index (χ2n) is 1.44. The average molecular weight is 121 g/mol. The normalized spacial score (nSPS) is 8.11. The van der Waals surface area contributed by atoms with Crippen molar-refractivity contribution in [1.29, 1.82) is 0 Å². The highest BCUT2D eigenvalue weighted by Gasteiger charge is 1.81. The van der Waals surface area contributed by atoms with E-state index < -0.39 is 0 Å². The number of imidazole rings is 1. The minimum absolute atomic E-state index is 0.376. The van der Waals surface area contributed by atoms with Crippen LogP contribution in [0, 0.1) is 11.8 Å². The molecule has 0 saturated heterocycles. The van der Waals surface area contributed by atoms with Crippen LogP contribution in [0.1, 0.15) is 5.82 Å². The molecule has 0 fully saturated rings. The van der Waals surface area contributed by atoms with E-state index in [1.807, 2.05) is 0 Å².